The van der Waals surface area contributed by atoms with E-state index in [0.29, 0.717) is 16.8 Å². The summed E-state index contributed by atoms with van der Waals surface area (Å²) in [5.74, 6) is -0.297. The molecule has 0 bridgehead atoms. The average molecular weight is 341 g/mol. The van der Waals surface area contributed by atoms with E-state index in [1.807, 2.05) is 0 Å². The lowest BCUT2D eigenvalue weighted by Gasteiger charge is -2.07. The molecule has 0 atom stereocenters. The van der Waals surface area contributed by atoms with Crippen molar-refractivity contribution in [3.8, 4) is 5.75 Å². The van der Waals surface area contributed by atoms with Crippen molar-refractivity contribution < 1.29 is 14.6 Å². The third-order valence-electron chi connectivity index (χ3n) is 2.61. The summed E-state index contributed by atoms with van der Waals surface area (Å²) in [5.41, 5.74) is 0.239. The molecule has 0 fully saturated rings. The summed E-state index contributed by atoms with van der Waals surface area (Å²) < 4.78 is 6.34. The molecule has 0 amide bonds. The topological polar surface area (TPSA) is 46.5 Å². The van der Waals surface area contributed by atoms with E-state index in [2.05, 4.69) is 35.0 Å². The predicted molar refractivity (Wildman–Crippen MR) is 79.1 cm³/mol. The predicted octanol–water partition coefficient (Wildman–Crippen LogP) is 4.35. The van der Waals surface area contributed by atoms with Gasteiger partial charge in [0, 0.05) is 9.75 Å². The Morgan fingerprint density at radius 2 is 2.05 bits per heavy atom. The molecule has 1 heterocycles. The lowest BCUT2D eigenvalue weighted by Crippen LogP contribution is -1.98. The zero-order valence-electron chi connectivity index (χ0n) is 10.4. The van der Waals surface area contributed by atoms with E-state index in [9.17, 15) is 4.79 Å². The van der Waals surface area contributed by atoms with E-state index in [-0.39, 0.29) is 5.56 Å². The zero-order valence-corrected chi connectivity index (χ0v) is 12.8. The first kappa shape index (κ1) is 14.1. The van der Waals surface area contributed by atoms with Crippen molar-refractivity contribution in [2.24, 2.45) is 0 Å². The Bertz CT molecular complexity index is 592. The molecule has 3 nitrogen and oxygen atoms in total. The molecule has 2 rings (SSSR count). The molecule has 0 aliphatic heterocycles. The number of carboxylic acid groups (broad SMARTS) is 1. The van der Waals surface area contributed by atoms with Crippen LogP contribution >= 0.6 is 27.3 Å². The average Bonchev–Trinajstić information content (AvgIpc) is 2.85. The van der Waals surface area contributed by atoms with Crippen LogP contribution in [0, 0.1) is 0 Å². The molecule has 0 spiro atoms. The highest BCUT2D eigenvalue weighted by Gasteiger charge is 2.08. The van der Waals surface area contributed by atoms with Crippen LogP contribution in [0.5, 0.6) is 5.75 Å². The van der Waals surface area contributed by atoms with Crippen molar-refractivity contribution in [2.45, 2.75) is 20.0 Å². The lowest BCUT2D eigenvalue weighted by atomic mass is 10.2. The molecule has 5 heteroatoms. The summed E-state index contributed by atoms with van der Waals surface area (Å²) in [5, 5.41) is 8.88. The van der Waals surface area contributed by atoms with Gasteiger partial charge in [0.25, 0.3) is 0 Å². The van der Waals surface area contributed by atoms with Gasteiger partial charge in [0.05, 0.1) is 10.0 Å². The van der Waals surface area contributed by atoms with Crippen LogP contribution in [0.3, 0.4) is 0 Å². The number of aromatic carboxylic acids is 1. The van der Waals surface area contributed by atoms with Crippen molar-refractivity contribution in [3.63, 3.8) is 0 Å². The minimum absolute atomic E-state index is 0.239. The first-order valence-corrected chi connectivity index (χ1v) is 7.44. The van der Waals surface area contributed by atoms with E-state index in [4.69, 9.17) is 9.84 Å². The van der Waals surface area contributed by atoms with Crippen molar-refractivity contribution in [2.75, 3.05) is 0 Å². The molecule has 0 saturated carbocycles. The molecule has 100 valence electrons. The van der Waals surface area contributed by atoms with Gasteiger partial charge < -0.3 is 9.84 Å². The molecule has 1 aromatic carbocycles. The van der Waals surface area contributed by atoms with Crippen molar-refractivity contribution in [3.05, 3.63) is 50.1 Å². The third-order valence-corrected chi connectivity index (χ3v) is 4.44. The number of hydrogen-bond donors (Lipinski definition) is 1. The molecule has 19 heavy (non-hydrogen) atoms. The highest BCUT2D eigenvalue weighted by Crippen LogP contribution is 2.27. The van der Waals surface area contributed by atoms with E-state index in [1.54, 1.807) is 23.5 Å². The fraction of sp³-hybridized carbons (Fsp3) is 0.214. The van der Waals surface area contributed by atoms with Gasteiger partial charge in [-0.2, -0.15) is 0 Å². The molecular weight excluding hydrogens is 328 g/mol. The Hall–Kier alpha value is -1.33. The van der Waals surface area contributed by atoms with Gasteiger partial charge in [-0.1, -0.05) is 6.92 Å². The lowest BCUT2D eigenvalue weighted by molar-refractivity contribution is 0.0696. The van der Waals surface area contributed by atoms with Crippen LogP contribution in [-0.2, 0) is 13.0 Å². The summed E-state index contributed by atoms with van der Waals surface area (Å²) in [6, 6.07) is 8.91. The molecule has 0 unspecified atom stereocenters. The molecule has 0 aliphatic carbocycles. The third kappa shape index (κ3) is 3.58. The zero-order chi connectivity index (χ0) is 13.8. The van der Waals surface area contributed by atoms with Gasteiger partial charge in [0.15, 0.2) is 0 Å². The number of rotatable bonds is 5. The van der Waals surface area contributed by atoms with Crippen molar-refractivity contribution >= 4 is 33.2 Å². The van der Waals surface area contributed by atoms with Gasteiger partial charge in [0.1, 0.15) is 12.4 Å². The molecule has 1 aromatic heterocycles. The number of carbonyl (C=O) groups is 1. The summed E-state index contributed by atoms with van der Waals surface area (Å²) in [7, 11) is 0. The summed E-state index contributed by atoms with van der Waals surface area (Å²) in [4.78, 5) is 13.3. The monoisotopic (exact) mass is 340 g/mol. The normalized spacial score (nSPS) is 10.4. The molecule has 2 aromatic rings. The van der Waals surface area contributed by atoms with E-state index >= 15 is 0 Å². The number of benzene rings is 1. The fourth-order valence-corrected chi connectivity index (χ4v) is 2.95. The molecule has 1 N–H and O–H groups in total. The standard InChI is InChI=1S/C14H13BrO3S/c1-2-10-4-5-11(19-10)8-18-13-6-3-9(14(16)17)7-12(13)15/h3-7H,2,8H2,1H3,(H,16,17). The molecular formula is C14H13BrO3S. The van der Waals surface area contributed by atoms with Crippen LogP contribution in [0.2, 0.25) is 0 Å². The van der Waals surface area contributed by atoms with Crippen LogP contribution < -0.4 is 4.74 Å². The minimum Gasteiger partial charge on any atom is -0.487 e. The number of ether oxygens (including phenoxy) is 1. The van der Waals surface area contributed by atoms with Gasteiger partial charge in [-0.3, -0.25) is 0 Å². The highest BCUT2D eigenvalue weighted by atomic mass is 79.9. The van der Waals surface area contributed by atoms with Crippen molar-refractivity contribution in [1.29, 1.82) is 0 Å². The van der Waals surface area contributed by atoms with E-state index in [1.165, 1.54) is 10.9 Å². The summed E-state index contributed by atoms with van der Waals surface area (Å²) in [6.45, 7) is 2.62. The Labute approximate surface area is 124 Å². The molecule has 0 radical (unpaired) electrons. The second kappa shape index (κ2) is 6.21. The van der Waals surface area contributed by atoms with Gasteiger partial charge in [0.2, 0.25) is 0 Å². The largest absolute Gasteiger partial charge is 0.487 e. The van der Waals surface area contributed by atoms with Crippen LogP contribution in [0.15, 0.2) is 34.8 Å². The number of thiophene rings is 1. The maximum absolute atomic E-state index is 10.8. The summed E-state index contributed by atoms with van der Waals surface area (Å²) >= 11 is 5.05. The highest BCUT2D eigenvalue weighted by molar-refractivity contribution is 9.10. The van der Waals surface area contributed by atoms with Crippen molar-refractivity contribution in [1.82, 2.24) is 0 Å². The van der Waals surface area contributed by atoms with E-state index < -0.39 is 5.97 Å². The van der Waals surface area contributed by atoms with Crippen LogP contribution in [0.4, 0.5) is 0 Å². The van der Waals surface area contributed by atoms with E-state index in [0.717, 1.165) is 11.3 Å². The first-order chi connectivity index (χ1) is 9.10. The second-order valence-electron chi connectivity index (χ2n) is 3.96. The van der Waals surface area contributed by atoms with Gasteiger partial charge in [-0.05, 0) is 52.7 Å². The second-order valence-corrected chi connectivity index (χ2v) is 6.07. The quantitative estimate of drug-likeness (QED) is 0.879. The van der Waals surface area contributed by atoms with Gasteiger partial charge in [-0.25, -0.2) is 4.79 Å². The molecule has 0 aliphatic rings. The SMILES string of the molecule is CCc1ccc(COc2ccc(C(=O)O)cc2Br)s1. The Morgan fingerprint density at radius 3 is 2.63 bits per heavy atom. The van der Waals surface area contributed by atoms with Crippen LogP contribution in [0.25, 0.3) is 0 Å². The Morgan fingerprint density at radius 1 is 1.32 bits per heavy atom. The Kier molecular flexibility index (Phi) is 4.61. The van der Waals surface area contributed by atoms with Gasteiger partial charge >= 0.3 is 5.97 Å². The Balaban J connectivity index is 2.05. The first-order valence-electron chi connectivity index (χ1n) is 5.83. The number of hydrogen-bond acceptors (Lipinski definition) is 3. The minimum atomic E-state index is -0.946. The number of carboxylic acids is 1. The number of aryl methyl sites for hydroxylation is 1. The van der Waals surface area contributed by atoms with Crippen LogP contribution in [0.1, 0.15) is 27.0 Å². The smallest absolute Gasteiger partial charge is 0.335 e. The summed E-state index contributed by atoms with van der Waals surface area (Å²) in [6.07, 6.45) is 1.03. The van der Waals surface area contributed by atoms with Crippen LogP contribution in [-0.4, -0.2) is 11.1 Å². The number of halogens is 1. The molecule has 0 saturated heterocycles. The fourth-order valence-electron chi connectivity index (χ4n) is 1.59. The maximum atomic E-state index is 10.8. The maximum Gasteiger partial charge on any atom is 0.335 e. The van der Waals surface area contributed by atoms with Gasteiger partial charge in [-0.15, -0.1) is 11.3 Å².